The van der Waals surface area contributed by atoms with Crippen molar-refractivity contribution >= 4 is 5.69 Å². The van der Waals surface area contributed by atoms with E-state index in [0.717, 1.165) is 38.5 Å². The monoisotopic (exact) mass is 261 g/mol. The highest BCUT2D eigenvalue weighted by atomic mass is 16.5. The lowest BCUT2D eigenvalue weighted by atomic mass is 9.99. The summed E-state index contributed by atoms with van der Waals surface area (Å²) >= 11 is 0. The second kappa shape index (κ2) is 5.93. The van der Waals surface area contributed by atoms with Gasteiger partial charge in [0.05, 0.1) is 0 Å². The average molecular weight is 261 g/mol. The lowest BCUT2D eigenvalue weighted by molar-refractivity contribution is 0.0676. The van der Waals surface area contributed by atoms with Crippen molar-refractivity contribution in [1.29, 1.82) is 0 Å². The minimum absolute atomic E-state index is 0.281. The zero-order valence-electron chi connectivity index (χ0n) is 11.4. The van der Waals surface area contributed by atoms with Crippen LogP contribution in [0.4, 0.5) is 5.69 Å². The fourth-order valence-corrected chi connectivity index (χ4v) is 3.39. The van der Waals surface area contributed by atoms with Crippen LogP contribution in [-0.4, -0.2) is 37.5 Å². The Morgan fingerprint density at radius 2 is 2.00 bits per heavy atom. The Hall–Kier alpha value is -1.06. The summed E-state index contributed by atoms with van der Waals surface area (Å²) in [5, 5.41) is 9.28. The van der Waals surface area contributed by atoms with Crippen LogP contribution in [0.1, 0.15) is 24.8 Å². The van der Waals surface area contributed by atoms with Gasteiger partial charge in [0, 0.05) is 38.1 Å². The summed E-state index contributed by atoms with van der Waals surface area (Å²) in [6, 6.07) is 9.17. The van der Waals surface area contributed by atoms with Gasteiger partial charge in [0.1, 0.15) is 0 Å². The second-order valence-corrected chi connectivity index (χ2v) is 5.71. The van der Waals surface area contributed by atoms with Crippen LogP contribution < -0.4 is 4.90 Å². The van der Waals surface area contributed by atoms with E-state index in [4.69, 9.17) is 4.74 Å². The van der Waals surface area contributed by atoms with E-state index in [0.29, 0.717) is 6.04 Å². The zero-order valence-corrected chi connectivity index (χ0v) is 11.4. The van der Waals surface area contributed by atoms with Gasteiger partial charge in [-0.3, -0.25) is 0 Å². The van der Waals surface area contributed by atoms with Crippen LogP contribution in [0.25, 0.3) is 0 Å². The molecule has 0 spiro atoms. The molecule has 0 aromatic heterocycles. The van der Waals surface area contributed by atoms with Gasteiger partial charge in [0.25, 0.3) is 0 Å². The molecule has 0 amide bonds. The first-order chi connectivity index (χ1) is 9.38. The molecule has 1 N–H and O–H groups in total. The van der Waals surface area contributed by atoms with E-state index in [9.17, 15) is 5.11 Å². The Labute approximate surface area is 115 Å². The van der Waals surface area contributed by atoms with Crippen molar-refractivity contribution in [3.05, 3.63) is 29.8 Å². The summed E-state index contributed by atoms with van der Waals surface area (Å²) < 4.78 is 5.45. The van der Waals surface area contributed by atoms with Crippen LogP contribution in [0, 0.1) is 5.92 Å². The molecule has 0 bridgehead atoms. The molecule has 1 aromatic carbocycles. The van der Waals surface area contributed by atoms with E-state index in [1.54, 1.807) is 0 Å². The van der Waals surface area contributed by atoms with Crippen molar-refractivity contribution in [2.45, 2.75) is 31.7 Å². The summed E-state index contributed by atoms with van der Waals surface area (Å²) in [6.45, 7) is 3.21. The van der Waals surface area contributed by atoms with Gasteiger partial charge in [0.2, 0.25) is 0 Å². The fourth-order valence-electron chi connectivity index (χ4n) is 3.39. The van der Waals surface area contributed by atoms with Crippen molar-refractivity contribution in [3.8, 4) is 0 Å². The molecule has 19 heavy (non-hydrogen) atoms. The van der Waals surface area contributed by atoms with E-state index < -0.39 is 0 Å². The largest absolute Gasteiger partial charge is 0.396 e. The number of hydrogen-bond acceptors (Lipinski definition) is 3. The number of aliphatic hydroxyl groups is 1. The first-order valence-corrected chi connectivity index (χ1v) is 7.41. The van der Waals surface area contributed by atoms with E-state index in [1.807, 2.05) is 0 Å². The third kappa shape index (κ3) is 2.77. The predicted molar refractivity (Wildman–Crippen MR) is 76.5 cm³/mol. The molecule has 2 aliphatic heterocycles. The molecule has 1 unspecified atom stereocenters. The fraction of sp³-hybridized carbons (Fsp3) is 0.625. The summed E-state index contributed by atoms with van der Waals surface area (Å²) in [7, 11) is 0. The van der Waals surface area contributed by atoms with Gasteiger partial charge in [-0.1, -0.05) is 18.2 Å². The van der Waals surface area contributed by atoms with E-state index in [2.05, 4.69) is 29.2 Å². The molecule has 3 nitrogen and oxygen atoms in total. The highest BCUT2D eigenvalue weighted by Gasteiger charge is 2.30. The SMILES string of the molecule is OCCC1Cc2ccccc2N1CC1CCOCC1. The normalized spacial score (nSPS) is 23.6. The van der Waals surface area contributed by atoms with Crippen molar-refractivity contribution in [1.82, 2.24) is 0 Å². The maximum Gasteiger partial charge on any atom is 0.0469 e. The number of nitrogens with zero attached hydrogens (tertiary/aromatic N) is 1. The molecule has 0 radical (unpaired) electrons. The van der Waals surface area contributed by atoms with Crippen molar-refractivity contribution in [2.75, 3.05) is 31.3 Å². The number of para-hydroxylation sites is 1. The molecular weight excluding hydrogens is 238 g/mol. The van der Waals surface area contributed by atoms with Gasteiger partial charge in [0.15, 0.2) is 0 Å². The third-order valence-corrected chi connectivity index (χ3v) is 4.46. The van der Waals surface area contributed by atoms with E-state index in [1.165, 1.54) is 24.1 Å². The quantitative estimate of drug-likeness (QED) is 0.902. The van der Waals surface area contributed by atoms with Gasteiger partial charge in [-0.2, -0.15) is 0 Å². The van der Waals surface area contributed by atoms with Crippen LogP contribution in [0.15, 0.2) is 24.3 Å². The molecule has 2 heterocycles. The standard InChI is InChI=1S/C16H23NO2/c18-8-5-15-11-14-3-1-2-4-16(14)17(15)12-13-6-9-19-10-7-13/h1-4,13,15,18H,5-12H2. The number of ether oxygens (including phenoxy) is 1. The molecule has 0 saturated carbocycles. The van der Waals surface area contributed by atoms with Crippen LogP contribution in [-0.2, 0) is 11.2 Å². The van der Waals surface area contributed by atoms with E-state index in [-0.39, 0.29) is 6.61 Å². The van der Waals surface area contributed by atoms with Gasteiger partial charge in [-0.15, -0.1) is 0 Å². The van der Waals surface area contributed by atoms with Crippen molar-refractivity contribution in [3.63, 3.8) is 0 Å². The molecule has 3 heteroatoms. The Morgan fingerprint density at radius 1 is 1.21 bits per heavy atom. The maximum atomic E-state index is 9.28. The summed E-state index contributed by atoms with van der Waals surface area (Å²) in [5.74, 6) is 0.737. The lowest BCUT2D eigenvalue weighted by Crippen LogP contribution is -2.38. The minimum Gasteiger partial charge on any atom is -0.396 e. The molecule has 1 atom stereocenters. The van der Waals surface area contributed by atoms with Crippen LogP contribution in [0.5, 0.6) is 0 Å². The zero-order chi connectivity index (χ0) is 13.1. The Bertz CT molecular complexity index is 415. The first kappa shape index (κ1) is 12.9. The van der Waals surface area contributed by atoms with Crippen LogP contribution in [0.3, 0.4) is 0 Å². The summed E-state index contributed by atoms with van der Waals surface area (Å²) in [6.07, 6.45) is 4.30. The van der Waals surface area contributed by atoms with Crippen molar-refractivity contribution in [2.24, 2.45) is 5.92 Å². The smallest absolute Gasteiger partial charge is 0.0469 e. The molecule has 0 aliphatic carbocycles. The highest BCUT2D eigenvalue weighted by molar-refractivity contribution is 5.59. The number of rotatable bonds is 4. The number of hydrogen-bond donors (Lipinski definition) is 1. The van der Waals surface area contributed by atoms with Crippen molar-refractivity contribution < 1.29 is 9.84 Å². The van der Waals surface area contributed by atoms with Gasteiger partial charge in [-0.25, -0.2) is 0 Å². The third-order valence-electron chi connectivity index (χ3n) is 4.46. The predicted octanol–water partition coefficient (Wildman–Crippen LogP) is 2.23. The Balaban J connectivity index is 1.75. The van der Waals surface area contributed by atoms with Gasteiger partial charge >= 0.3 is 0 Å². The highest BCUT2D eigenvalue weighted by Crippen LogP contribution is 2.34. The second-order valence-electron chi connectivity index (χ2n) is 5.71. The lowest BCUT2D eigenvalue weighted by Gasteiger charge is -2.33. The van der Waals surface area contributed by atoms with E-state index >= 15 is 0 Å². The summed E-state index contributed by atoms with van der Waals surface area (Å²) in [5.41, 5.74) is 2.82. The molecular formula is C16H23NO2. The summed E-state index contributed by atoms with van der Waals surface area (Å²) in [4.78, 5) is 2.53. The molecule has 104 valence electrons. The first-order valence-electron chi connectivity index (χ1n) is 7.41. The molecule has 2 aliphatic rings. The van der Waals surface area contributed by atoms with Gasteiger partial charge < -0.3 is 14.7 Å². The maximum absolute atomic E-state index is 9.28. The van der Waals surface area contributed by atoms with Crippen LogP contribution in [0.2, 0.25) is 0 Å². The minimum atomic E-state index is 0.281. The molecule has 1 fully saturated rings. The number of benzene rings is 1. The molecule has 3 rings (SSSR count). The topological polar surface area (TPSA) is 32.7 Å². The number of fused-ring (bicyclic) bond motifs is 1. The molecule has 1 saturated heterocycles. The Morgan fingerprint density at radius 3 is 2.79 bits per heavy atom. The van der Waals surface area contributed by atoms with Crippen LogP contribution >= 0.6 is 0 Å². The number of aliphatic hydroxyl groups excluding tert-OH is 1. The molecule has 1 aromatic rings. The number of anilines is 1. The van der Waals surface area contributed by atoms with Gasteiger partial charge in [-0.05, 0) is 43.2 Å². The Kier molecular flexibility index (Phi) is 4.04. The average Bonchev–Trinajstić information content (AvgIpc) is 2.79.